The van der Waals surface area contributed by atoms with Crippen molar-refractivity contribution in [3.8, 4) is 0 Å². The zero-order valence-electron chi connectivity index (χ0n) is 12.3. The quantitative estimate of drug-likeness (QED) is 0.821. The summed E-state index contributed by atoms with van der Waals surface area (Å²) in [5.74, 6) is -1.66. The summed E-state index contributed by atoms with van der Waals surface area (Å²) in [6, 6.07) is 3.28. The molecule has 1 aliphatic carbocycles. The van der Waals surface area contributed by atoms with Crippen LogP contribution in [0.2, 0.25) is 0 Å². The maximum atomic E-state index is 13.2. The third-order valence-corrected chi connectivity index (χ3v) is 3.40. The molecule has 0 amide bonds. The van der Waals surface area contributed by atoms with Crippen LogP contribution in [0, 0.1) is 11.7 Å². The lowest BCUT2D eigenvalue weighted by atomic mass is 9.95. The molecule has 1 aromatic carbocycles. The van der Waals surface area contributed by atoms with E-state index < -0.39 is 29.8 Å². The molecule has 6 heteroatoms. The second kappa shape index (κ2) is 8.58. The fourth-order valence-electron chi connectivity index (χ4n) is 2.11. The van der Waals surface area contributed by atoms with Crippen molar-refractivity contribution in [2.45, 2.75) is 38.7 Å². The average Bonchev–Trinajstić information content (AvgIpc) is 2.48. The smallest absolute Gasteiger partial charge is 0.306 e. The molecular weight excluding hydrogens is 295 g/mol. The Bertz CT molecular complexity index is 504. The van der Waals surface area contributed by atoms with Gasteiger partial charge in [0.05, 0.1) is 11.5 Å². The fraction of sp³-hybridized carbons (Fsp3) is 0.438. The SMILES string of the molecule is CC(N)c1cccc(C(F)F)c1F.O=C(O)[C@@H]1CC=CCC1. The summed E-state index contributed by atoms with van der Waals surface area (Å²) in [6.07, 6.45) is 3.65. The zero-order valence-corrected chi connectivity index (χ0v) is 12.3. The monoisotopic (exact) mass is 315 g/mol. The van der Waals surface area contributed by atoms with Crippen LogP contribution in [0.15, 0.2) is 30.4 Å². The molecule has 0 saturated heterocycles. The summed E-state index contributed by atoms with van der Waals surface area (Å²) in [4.78, 5) is 10.3. The maximum absolute atomic E-state index is 13.2. The van der Waals surface area contributed by atoms with Crippen LogP contribution in [0.5, 0.6) is 0 Å². The number of carbonyl (C=O) groups is 1. The molecule has 0 heterocycles. The lowest BCUT2D eigenvalue weighted by Crippen LogP contribution is -2.13. The van der Waals surface area contributed by atoms with Crippen LogP contribution < -0.4 is 5.73 Å². The number of allylic oxidation sites excluding steroid dienone is 2. The Hall–Kier alpha value is -1.82. The number of carboxylic acids is 1. The largest absolute Gasteiger partial charge is 0.481 e. The van der Waals surface area contributed by atoms with Crippen molar-refractivity contribution in [3.63, 3.8) is 0 Å². The first-order valence-electron chi connectivity index (χ1n) is 7.04. The molecule has 1 aromatic rings. The number of hydrogen-bond donors (Lipinski definition) is 2. The lowest BCUT2D eigenvalue weighted by Gasteiger charge is -2.11. The molecule has 1 aliphatic rings. The van der Waals surface area contributed by atoms with E-state index in [4.69, 9.17) is 10.8 Å². The van der Waals surface area contributed by atoms with Crippen LogP contribution in [-0.2, 0) is 4.79 Å². The van der Waals surface area contributed by atoms with Crippen molar-refractivity contribution in [1.29, 1.82) is 0 Å². The van der Waals surface area contributed by atoms with Crippen molar-refractivity contribution in [3.05, 3.63) is 47.3 Å². The van der Waals surface area contributed by atoms with Crippen molar-refractivity contribution in [2.24, 2.45) is 11.7 Å². The van der Waals surface area contributed by atoms with Gasteiger partial charge in [-0.3, -0.25) is 4.79 Å². The van der Waals surface area contributed by atoms with Crippen LogP contribution >= 0.6 is 0 Å². The topological polar surface area (TPSA) is 63.3 Å². The Morgan fingerprint density at radius 1 is 1.32 bits per heavy atom. The highest BCUT2D eigenvalue weighted by atomic mass is 19.3. The molecule has 0 aromatic heterocycles. The van der Waals surface area contributed by atoms with Crippen LogP contribution in [0.25, 0.3) is 0 Å². The second-order valence-electron chi connectivity index (χ2n) is 5.16. The van der Waals surface area contributed by atoms with Gasteiger partial charge in [-0.15, -0.1) is 0 Å². The molecule has 0 bridgehead atoms. The molecule has 3 N–H and O–H groups in total. The van der Waals surface area contributed by atoms with Gasteiger partial charge < -0.3 is 10.8 Å². The molecular formula is C16H20F3NO2. The van der Waals surface area contributed by atoms with Gasteiger partial charge in [0.1, 0.15) is 5.82 Å². The molecule has 0 saturated carbocycles. The number of nitrogens with two attached hydrogens (primary N) is 1. The van der Waals surface area contributed by atoms with E-state index in [0.717, 1.165) is 25.3 Å². The summed E-state index contributed by atoms with van der Waals surface area (Å²) in [7, 11) is 0. The minimum Gasteiger partial charge on any atom is -0.481 e. The van der Waals surface area contributed by atoms with E-state index in [1.54, 1.807) is 6.92 Å². The van der Waals surface area contributed by atoms with Gasteiger partial charge in [-0.2, -0.15) is 0 Å². The Kier molecular flexibility index (Phi) is 7.11. The summed E-state index contributed by atoms with van der Waals surface area (Å²) in [5, 5.41) is 8.50. The van der Waals surface area contributed by atoms with Crippen LogP contribution in [0.1, 0.15) is 49.8 Å². The van der Waals surface area contributed by atoms with E-state index in [0.29, 0.717) is 0 Å². The van der Waals surface area contributed by atoms with E-state index in [-0.39, 0.29) is 11.5 Å². The highest BCUT2D eigenvalue weighted by Gasteiger charge is 2.17. The minimum absolute atomic E-state index is 0.116. The number of rotatable bonds is 3. The van der Waals surface area contributed by atoms with E-state index in [1.807, 2.05) is 12.2 Å². The first kappa shape index (κ1) is 18.2. The molecule has 122 valence electrons. The van der Waals surface area contributed by atoms with Crippen LogP contribution in [-0.4, -0.2) is 11.1 Å². The molecule has 1 unspecified atom stereocenters. The van der Waals surface area contributed by atoms with Gasteiger partial charge in [0.25, 0.3) is 6.43 Å². The number of carboxylic acid groups (broad SMARTS) is 1. The zero-order chi connectivity index (χ0) is 16.7. The number of hydrogen-bond acceptors (Lipinski definition) is 2. The Morgan fingerprint density at radius 2 is 1.95 bits per heavy atom. The first-order chi connectivity index (χ1) is 10.3. The number of aliphatic carboxylic acids is 1. The minimum atomic E-state index is -2.79. The van der Waals surface area contributed by atoms with Gasteiger partial charge in [-0.1, -0.05) is 30.4 Å². The Balaban J connectivity index is 0.000000235. The van der Waals surface area contributed by atoms with Crippen molar-refractivity contribution in [2.75, 3.05) is 0 Å². The Morgan fingerprint density at radius 3 is 2.36 bits per heavy atom. The summed E-state index contributed by atoms with van der Waals surface area (Å²) < 4.78 is 37.6. The molecule has 2 atom stereocenters. The Labute approximate surface area is 127 Å². The van der Waals surface area contributed by atoms with Crippen molar-refractivity contribution >= 4 is 5.97 Å². The average molecular weight is 315 g/mol. The van der Waals surface area contributed by atoms with E-state index >= 15 is 0 Å². The van der Waals surface area contributed by atoms with Crippen molar-refractivity contribution in [1.82, 2.24) is 0 Å². The highest BCUT2D eigenvalue weighted by molar-refractivity contribution is 5.70. The predicted molar refractivity (Wildman–Crippen MR) is 78.1 cm³/mol. The molecule has 0 fully saturated rings. The second-order valence-corrected chi connectivity index (χ2v) is 5.16. The maximum Gasteiger partial charge on any atom is 0.306 e. The number of halogens is 3. The van der Waals surface area contributed by atoms with Crippen LogP contribution in [0.3, 0.4) is 0 Å². The molecule has 0 radical (unpaired) electrons. The molecule has 22 heavy (non-hydrogen) atoms. The van der Waals surface area contributed by atoms with Crippen LogP contribution in [0.4, 0.5) is 13.2 Å². The van der Waals surface area contributed by atoms with Gasteiger partial charge in [-0.25, -0.2) is 13.2 Å². The lowest BCUT2D eigenvalue weighted by molar-refractivity contribution is -0.141. The predicted octanol–water partition coefficient (Wildman–Crippen LogP) is 4.21. The standard InChI is InChI=1S/C9H10F3N.C7H10O2/c1-5(13)6-3-2-4-7(8(6)10)9(11)12;8-7(9)6-4-2-1-3-5-6/h2-5,9H,13H2,1H3;1-2,6H,3-5H2,(H,8,9)/t;6-/m.1/s1. The van der Waals surface area contributed by atoms with E-state index in [9.17, 15) is 18.0 Å². The summed E-state index contributed by atoms with van der Waals surface area (Å²) in [6.45, 7) is 1.55. The molecule has 2 rings (SSSR count). The van der Waals surface area contributed by atoms with Gasteiger partial charge in [0.2, 0.25) is 0 Å². The van der Waals surface area contributed by atoms with Gasteiger partial charge >= 0.3 is 5.97 Å². The van der Waals surface area contributed by atoms with Crippen molar-refractivity contribution < 1.29 is 23.1 Å². The van der Waals surface area contributed by atoms with E-state index in [1.165, 1.54) is 12.1 Å². The highest BCUT2D eigenvalue weighted by Crippen LogP contribution is 2.26. The normalized spacial score (nSPS) is 18.5. The summed E-state index contributed by atoms with van der Waals surface area (Å²) in [5.41, 5.74) is 4.93. The first-order valence-corrected chi connectivity index (χ1v) is 7.04. The summed E-state index contributed by atoms with van der Waals surface area (Å²) >= 11 is 0. The molecule has 0 spiro atoms. The number of benzene rings is 1. The molecule has 0 aliphatic heterocycles. The molecule has 3 nitrogen and oxygen atoms in total. The number of alkyl halides is 2. The van der Waals surface area contributed by atoms with E-state index in [2.05, 4.69) is 0 Å². The third kappa shape index (κ3) is 5.18. The third-order valence-electron chi connectivity index (χ3n) is 3.40. The van der Waals surface area contributed by atoms with Gasteiger partial charge in [-0.05, 0) is 26.2 Å². The fourth-order valence-corrected chi connectivity index (χ4v) is 2.11. The van der Waals surface area contributed by atoms with Gasteiger partial charge in [0.15, 0.2) is 0 Å². The van der Waals surface area contributed by atoms with Gasteiger partial charge in [0, 0.05) is 11.6 Å².